The third-order valence-corrected chi connectivity index (χ3v) is 1.75. The highest BCUT2D eigenvalue weighted by Gasteiger charge is 2.24. The molecular weight excluding hydrogens is 156 g/mol. The molecule has 1 rings (SSSR count). The summed E-state index contributed by atoms with van der Waals surface area (Å²) >= 11 is 0. The van der Waals surface area contributed by atoms with Crippen molar-refractivity contribution in [2.45, 2.75) is 18.9 Å². The number of aryl methyl sites for hydroxylation is 1. The van der Waals surface area contributed by atoms with Crippen LogP contribution in [0.4, 0.5) is 0 Å². The van der Waals surface area contributed by atoms with Crippen molar-refractivity contribution in [3.8, 4) is 0 Å². The molecule has 0 fully saturated rings. The molecule has 1 N–H and O–H groups in total. The van der Waals surface area contributed by atoms with Crippen LogP contribution in [-0.4, -0.2) is 21.2 Å². The van der Waals surface area contributed by atoms with E-state index in [1.165, 1.54) is 0 Å². The van der Waals surface area contributed by atoms with Crippen LogP contribution >= 0.6 is 0 Å². The van der Waals surface area contributed by atoms with E-state index in [2.05, 4.69) is 5.10 Å². The van der Waals surface area contributed by atoms with Gasteiger partial charge in [-0.1, -0.05) is 0 Å². The summed E-state index contributed by atoms with van der Waals surface area (Å²) in [4.78, 5) is 10.2. The summed E-state index contributed by atoms with van der Waals surface area (Å²) in [5.41, 5.74) is -0.611. The monoisotopic (exact) mass is 168 g/mol. The molecular formula is C8H12N2O2. The maximum Gasteiger partial charge on any atom is 0.123 e. The Balaban J connectivity index is 2.88. The van der Waals surface area contributed by atoms with Crippen molar-refractivity contribution in [3.63, 3.8) is 0 Å². The first-order chi connectivity index (χ1) is 5.56. The van der Waals surface area contributed by atoms with Gasteiger partial charge in [-0.05, 0) is 13.0 Å². The van der Waals surface area contributed by atoms with Crippen molar-refractivity contribution in [1.82, 2.24) is 9.78 Å². The number of hydrogen-bond acceptors (Lipinski definition) is 3. The van der Waals surface area contributed by atoms with Gasteiger partial charge in [0.15, 0.2) is 0 Å². The van der Waals surface area contributed by atoms with E-state index in [0.29, 0.717) is 12.0 Å². The minimum absolute atomic E-state index is 0.0734. The van der Waals surface area contributed by atoms with Gasteiger partial charge in [-0.25, -0.2) is 0 Å². The zero-order valence-electron chi connectivity index (χ0n) is 7.19. The molecule has 1 heterocycles. The van der Waals surface area contributed by atoms with Crippen molar-refractivity contribution in [2.75, 3.05) is 0 Å². The second kappa shape index (κ2) is 3.06. The summed E-state index contributed by atoms with van der Waals surface area (Å²) in [6.45, 7) is 1.57. The predicted molar refractivity (Wildman–Crippen MR) is 43.5 cm³/mol. The van der Waals surface area contributed by atoms with Gasteiger partial charge in [-0.15, -0.1) is 0 Å². The Bertz CT molecular complexity index is 278. The first-order valence-corrected chi connectivity index (χ1v) is 3.72. The molecule has 0 saturated heterocycles. The van der Waals surface area contributed by atoms with E-state index in [1.807, 2.05) is 0 Å². The number of hydrogen-bond donors (Lipinski definition) is 1. The molecule has 1 unspecified atom stereocenters. The Morgan fingerprint density at radius 1 is 1.83 bits per heavy atom. The Morgan fingerprint density at radius 2 is 2.50 bits per heavy atom. The number of aldehydes is 1. The first-order valence-electron chi connectivity index (χ1n) is 3.72. The van der Waals surface area contributed by atoms with E-state index in [-0.39, 0.29) is 6.42 Å². The lowest BCUT2D eigenvalue weighted by atomic mass is 10.00. The highest BCUT2D eigenvalue weighted by atomic mass is 16.3. The van der Waals surface area contributed by atoms with E-state index in [1.54, 1.807) is 30.9 Å². The topological polar surface area (TPSA) is 55.1 Å². The lowest BCUT2D eigenvalue weighted by molar-refractivity contribution is -0.112. The molecule has 1 aromatic rings. The van der Waals surface area contributed by atoms with Crippen LogP contribution in [0, 0.1) is 0 Å². The Kier molecular flexibility index (Phi) is 2.28. The minimum atomic E-state index is -1.14. The zero-order chi connectivity index (χ0) is 9.19. The second-order valence-corrected chi connectivity index (χ2v) is 3.02. The first kappa shape index (κ1) is 8.93. The van der Waals surface area contributed by atoms with E-state index in [4.69, 9.17) is 0 Å². The van der Waals surface area contributed by atoms with Crippen molar-refractivity contribution in [2.24, 2.45) is 7.05 Å². The molecule has 0 amide bonds. The fourth-order valence-electron chi connectivity index (χ4n) is 0.969. The summed E-state index contributed by atoms with van der Waals surface area (Å²) in [6.07, 6.45) is 2.49. The molecule has 4 nitrogen and oxygen atoms in total. The molecule has 1 aromatic heterocycles. The van der Waals surface area contributed by atoms with Crippen LogP contribution in [0.3, 0.4) is 0 Å². The highest BCUT2D eigenvalue weighted by molar-refractivity contribution is 5.51. The summed E-state index contributed by atoms with van der Waals surface area (Å²) in [5, 5.41) is 13.7. The van der Waals surface area contributed by atoms with Crippen LogP contribution in [-0.2, 0) is 17.4 Å². The fraction of sp³-hybridized carbons (Fsp3) is 0.500. The minimum Gasteiger partial charge on any atom is -0.383 e. The molecule has 0 bridgehead atoms. The summed E-state index contributed by atoms with van der Waals surface area (Å²) in [6, 6.07) is 1.70. The van der Waals surface area contributed by atoms with Crippen molar-refractivity contribution < 1.29 is 9.90 Å². The maximum atomic E-state index is 10.2. The third-order valence-electron chi connectivity index (χ3n) is 1.75. The molecule has 0 spiro atoms. The quantitative estimate of drug-likeness (QED) is 0.657. The lowest BCUT2D eigenvalue weighted by Crippen LogP contribution is -2.22. The summed E-state index contributed by atoms with van der Waals surface area (Å²) < 4.78 is 1.59. The number of carbonyl (C=O) groups is 1. The van der Waals surface area contributed by atoms with E-state index in [9.17, 15) is 9.90 Å². The number of rotatable bonds is 3. The smallest absolute Gasteiger partial charge is 0.123 e. The number of carbonyl (C=O) groups excluding carboxylic acids is 1. The van der Waals surface area contributed by atoms with Crippen LogP contribution in [0.15, 0.2) is 12.3 Å². The molecule has 0 aliphatic carbocycles. The molecule has 1 atom stereocenters. The van der Waals surface area contributed by atoms with Crippen LogP contribution in [0.25, 0.3) is 0 Å². The van der Waals surface area contributed by atoms with Crippen LogP contribution in [0.5, 0.6) is 0 Å². The van der Waals surface area contributed by atoms with Crippen LogP contribution < -0.4 is 0 Å². The van der Waals surface area contributed by atoms with Crippen molar-refractivity contribution in [1.29, 1.82) is 0 Å². The van der Waals surface area contributed by atoms with Gasteiger partial charge < -0.3 is 9.90 Å². The Morgan fingerprint density at radius 3 is 2.92 bits per heavy atom. The van der Waals surface area contributed by atoms with E-state index in [0.717, 1.165) is 0 Å². The van der Waals surface area contributed by atoms with Gasteiger partial charge in [0.2, 0.25) is 0 Å². The van der Waals surface area contributed by atoms with Gasteiger partial charge in [-0.2, -0.15) is 5.10 Å². The molecule has 12 heavy (non-hydrogen) atoms. The van der Waals surface area contributed by atoms with Crippen LogP contribution in [0.1, 0.15) is 19.0 Å². The molecule has 0 radical (unpaired) electrons. The molecule has 0 saturated carbocycles. The third kappa shape index (κ3) is 1.71. The Hall–Kier alpha value is -1.16. The zero-order valence-corrected chi connectivity index (χ0v) is 7.19. The van der Waals surface area contributed by atoms with Crippen LogP contribution in [0.2, 0.25) is 0 Å². The summed E-state index contributed by atoms with van der Waals surface area (Å²) in [5.74, 6) is 0. The standard InChI is InChI=1S/C8H12N2O2/c1-8(12,4-6-11)7-3-5-10(2)9-7/h3,5-6,12H,4H2,1-2H3. The Labute approximate surface area is 70.8 Å². The maximum absolute atomic E-state index is 10.2. The average molecular weight is 168 g/mol. The SMILES string of the molecule is Cn1ccc(C(C)(O)CC=O)n1. The van der Waals surface area contributed by atoms with Crippen molar-refractivity contribution in [3.05, 3.63) is 18.0 Å². The van der Waals surface area contributed by atoms with E-state index >= 15 is 0 Å². The number of aromatic nitrogens is 2. The second-order valence-electron chi connectivity index (χ2n) is 3.02. The van der Waals surface area contributed by atoms with Gasteiger partial charge in [0.05, 0.1) is 5.69 Å². The van der Waals surface area contributed by atoms with Gasteiger partial charge in [0, 0.05) is 19.7 Å². The molecule has 0 aromatic carbocycles. The number of aliphatic hydroxyl groups is 1. The molecule has 66 valence electrons. The van der Waals surface area contributed by atoms with Gasteiger partial charge in [-0.3, -0.25) is 4.68 Å². The van der Waals surface area contributed by atoms with Crippen molar-refractivity contribution >= 4 is 6.29 Å². The number of nitrogens with zero attached hydrogens (tertiary/aromatic N) is 2. The molecule has 4 heteroatoms. The van der Waals surface area contributed by atoms with Gasteiger partial charge in [0.1, 0.15) is 11.9 Å². The molecule has 0 aliphatic rings. The normalized spacial score (nSPS) is 15.6. The van der Waals surface area contributed by atoms with E-state index < -0.39 is 5.60 Å². The fourth-order valence-corrected chi connectivity index (χ4v) is 0.969. The predicted octanol–water partition coefficient (Wildman–Crippen LogP) is 0.217. The largest absolute Gasteiger partial charge is 0.383 e. The summed E-state index contributed by atoms with van der Waals surface area (Å²) in [7, 11) is 1.76. The lowest BCUT2D eigenvalue weighted by Gasteiger charge is -2.16. The van der Waals surface area contributed by atoms with Gasteiger partial charge >= 0.3 is 0 Å². The average Bonchev–Trinajstić information content (AvgIpc) is 2.36. The highest BCUT2D eigenvalue weighted by Crippen LogP contribution is 2.20. The molecule has 0 aliphatic heterocycles. The van der Waals surface area contributed by atoms with Gasteiger partial charge in [0.25, 0.3) is 0 Å².